The van der Waals surface area contributed by atoms with Crippen LogP contribution in [-0.4, -0.2) is 33.2 Å². The maximum atomic E-state index is 4.63. The van der Waals surface area contributed by atoms with E-state index in [9.17, 15) is 0 Å². The van der Waals surface area contributed by atoms with E-state index < -0.39 is 0 Å². The largest absolute Gasteiger partial charge is 0.378 e. The van der Waals surface area contributed by atoms with Crippen LogP contribution in [-0.2, 0) is 0 Å². The van der Waals surface area contributed by atoms with Gasteiger partial charge in [-0.2, -0.15) is 0 Å². The Bertz CT molecular complexity index is 739. The topological polar surface area (TPSA) is 19.4 Å². The lowest BCUT2D eigenvalue weighted by molar-refractivity contribution is 0.917. The van der Waals surface area contributed by atoms with Gasteiger partial charge in [0.2, 0.25) is 0 Å². The molecule has 0 unspecified atom stereocenters. The summed E-state index contributed by atoms with van der Waals surface area (Å²) in [5.74, 6) is 0.133. The smallest absolute Gasteiger partial charge is 0.0522 e. The summed E-state index contributed by atoms with van der Waals surface area (Å²) in [5.41, 5.74) is 5.97. The fourth-order valence-corrected chi connectivity index (χ4v) is 3.01. The Hall–Kier alpha value is -2.81. The normalized spacial score (nSPS) is 10.8. The molecule has 0 bridgehead atoms. The molecule has 1 aromatic heterocycles. The molecule has 0 amide bonds. The van der Waals surface area contributed by atoms with Gasteiger partial charge in [0.1, 0.15) is 0 Å². The summed E-state index contributed by atoms with van der Waals surface area (Å²) < 4.78 is 0. The van der Waals surface area contributed by atoms with E-state index >= 15 is 0 Å². The second kappa shape index (κ2) is 7.39. The van der Waals surface area contributed by atoms with Gasteiger partial charge in [0.25, 0.3) is 0 Å². The summed E-state index contributed by atoms with van der Waals surface area (Å²) in [5, 5.41) is 0. The molecule has 3 rings (SSSR count). The van der Waals surface area contributed by atoms with Crippen molar-refractivity contribution in [2.45, 2.75) is 5.92 Å². The van der Waals surface area contributed by atoms with Gasteiger partial charge in [-0.05, 0) is 47.5 Å². The highest BCUT2D eigenvalue weighted by atomic mass is 15.1. The van der Waals surface area contributed by atoms with Crippen LogP contribution in [0, 0.1) is 0 Å². The van der Waals surface area contributed by atoms with Gasteiger partial charge in [-0.25, -0.2) is 0 Å². The van der Waals surface area contributed by atoms with Crippen LogP contribution in [0.2, 0.25) is 0 Å². The van der Waals surface area contributed by atoms with Crippen molar-refractivity contribution < 1.29 is 0 Å². The molecule has 3 aromatic rings. The number of rotatable bonds is 5. The van der Waals surface area contributed by atoms with E-state index in [2.05, 4.69) is 104 Å². The summed E-state index contributed by atoms with van der Waals surface area (Å²) in [6.45, 7) is 0. The van der Waals surface area contributed by atoms with Crippen LogP contribution in [0.25, 0.3) is 0 Å². The lowest BCUT2D eigenvalue weighted by Gasteiger charge is -2.20. The van der Waals surface area contributed by atoms with E-state index in [1.807, 2.05) is 12.3 Å². The molecule has 25 heavy (non-hydrogen) atoms. The summed E-state index contributed by atoms with van der Waals surface area (Å²) in [4.78, 5) is 8.86. The Labute approximate surface area is 150 Å². The Kier molecular flexibility index (Phi) is 5.03. The molecule has 2 aromatic carbocycles. The zero-order valence-corrected chi connectivity index (χ0v) is 15.3. The average molecular weight is 331 g/mol. The van der Waals surface area contributed by atoms with E-state index in [1.165, 1.54) is 22.5 Å². The van der Waals surface area contributed by atoms with Crippen LogP contribution < -0.4 is 9.80 Å². The second-order valence-corrected chi connectivity index (χ2v) is 6.66. The Morgan fingerprint density at radius 2 is 1.12 bits per heavy atom. The molecule has 3 nitrogen and oxygen atoms in total. The fraction of sp³-hybridized carbons (Fsp3) is 0.227. The van der Waals surface area contributed by atoms with Crippen molar-refractivity contribution in [3.05, 3.63) is 89.7 Å². The molecule has 1 heterocycles. The van der Waals surface area contributed by atoms with Crippen molar-refractivity contribution >= 4 is 11.4 Å². The maximum absolute atomic E-state index is 4.63. The highest BCUT2D eigenvalue weighted by Gasteiger charge is 2.18. The summed E-state index contributed by atoms with van der Waals surface area (Å²) in [6.07, 6.45) is 1.87. The standard InChI is InChI=1S/C22H25N3/c1-24(2)19-12-8-17(9-13-19)22(21-7-5-6-16-23-21)18-10-14-20(15-11-18)25(3)4/h5-16,22H,1-4H3. The van der Waals surface area contributed by atoms with Gasteiger partial charge in [-0.15, -0.1) is 0 Å². The zero-order chi connectivity index (χ0) is 17.8. The third-order valence-electron chi connectivity index (χ3n) is 4.47. The Morgan fingerprint density at radius 3 is 1.48 bits per heavy atom. The van der Waals surface area contributed by atoms with Crippen LogP contribution >= 0.6 is 0 Å². The van der Waals surface area contributed by atoms with E-state index in [0.29, 0.717) is 0 Å². The number of pyridine rings is 1. The molecule has 3 heteroatoms. The van der Waals surface area contributed by atoms with Crippen molar-refractivity contribution in [1.29, 1.82) is 0 Å². The van der Waals surface area contributed by atoms with Gasteiger partial charge in [0, 0.05) is 45.8 Å². The summed E-state index contributed by atoms with van der Waals surface area (Å²) in [6, 6.07) is 23.6. The molecular formula is C22H25N3. The minimum Gasteiger partial charge on any atom is -0.378 e. The molecule has 0 fully saturated rings. The first kappa shape index (κ1) is 17.0. The van der Waals surface area contributed by atoms with Gasteiger partial charge >= 0.3 is 0 Å². The minimum atomic E-state index is 0.133. The number of nitrogens with zero attached hydrogens (tertiary/aromatic N) is 3. The fourth-order valence-electron chi connectivity index (χ4n) is 3.01. The van der Waals surface area contributed by atoms with E-state index in [0.717, 1.165) is 5.69 Å². The average Bonchev–Trinajstić information content (AvgIpc) is 2.64. The van der Waals surface area contributed by atoms with Crippen molar-refractivity contribution in [3.63, 3.8) is 0 Å². The van der Waals surface area contributed by atoms with E-state index in [1.54, 1.807) is 0 Å². The molecule has 128 valence electrons. The second-order valence-electron chi connectivity index (χ2n) is 6.66. The zero-order valence-electron chi connectivity index (χ0n) is 15.3. The first-order valence-electron chi connectivity index (χ1n) is 8.52. The summed E-state index contributed by atoms with van der Waals surface area (Å²) in [7, 11) is 8.24. The molecule has 0 atom stereocenters. The molecule has 0 saturated carbocycles. The van der Waals surface area contributed by atoms with Crippen LogP contribution in [0.4, 0.5) is 11.4 Å². The molecular weight excluding hydrogens is 306 g/mol. The molecule has 0 N–H and O–H groups in total. The van der Waals surface area contributed by atoms with Gasteiger partial charge in [-0.1, -0.05) is 30.3 Å². The number of benzene rings is 2. The van der Waals surface area contributed by atoms with Crippen molar-refractivity contribution in [3.8, 4) is 0 Å². The quantitative estimate of drug-likeness (QED) is 0.691. The molecule has 0 aliphatic heterocycles. The Morgan fingerprint density at radius 1 is 0.640 bits per heavy atom. The monoisotopic (exact) mass is 331 g/mol. The number of hydrogen-bond acceptors (Lipinski definition) is 3. The molecule has 0 aliphatic carbocycles. The summed E-state index contributed by atoms with van der Waals surface area (Å²) >= 11 is 0. The molecule has 0 spiro atoms. The number of hydrogen-bond donors (Lipinski definition) is 0. The maximum Gasteiger partial charge on any atom is 0.0522 e. The van der Waals surface area contributed by atoms with Gasteiger partial charge in [0.15, 0.2) is 0 Å². The van der Waals surface area contributed by atoms with Crippen LogP contribution in [0.3, 0.4) is 0 Å². The lowest BCUT2D eigenvalue weighted by Crippen LogP contribution is -2.10. The van der Waals surface area contributed by atoms with Crippen LogP contribution in [0.1, 0.15) is 22.7 Å². The van der Waals surface area contributed by atoms with Crippen LogP contribution in [0.15, 0.2) is 72.9 Å². The minimum absolute atomic E-state index is 0.133. The van der Waals surface area contributed by atoms with Gasteiger partial charge in [-0.3, -0.25) is 4.98 Å². The molecule has 0 radical (unpaired) electrons. The van der Waals surface area contributed by atoms with E-state index in [4.69, 9.17) is 0 Å². The predicted molar refractivity (Wildman–Crippen MR) is 107 cm³/mol. The van der Waals surface area contributed by atoms with Crippen molar-refractivity contribution in [2.24, 2.45) is 0 Å². The number of anilines is 2. The number of aromatic nitrogens is 1. The molecule has 0 aliphatic rings. The first-order valence-corrected chi connectivity index (χ1v) is 8.52. The van der Waals surface area contributed by atoms with E-state index in [-0.39, 0.29) is 5.92 Å². The lowest BCUT2D eigenvalue weighted by atomic mass is 9.88. The van der Waals surface area contributed by atoms with Crippen LogP contribution in [0.5, 0.6) is 0 Å². The van der Waals surface area contributed by atoms with Gasteiger partial charge < -0.3 is 9.80 Å². The highest BCUT2D eigenvalue weighted by Crippen LogP contribution is 2.32. The first-order chi connectivity index (χ1) is 12.1. The van der Waals surface area contributed by atoms with Gasteiger partial charge in [0.05, 0.1) is 11.6 Å². The Balaban J connectivity index is 2.04. The molecule has 0 saturated heterocycles. The third-order valence-corrected chi connectivity index (χ3v) is 4.47. The van der Waals surface area contributed by atoms with Crippen molar-refractivity contribution in [1.82, 2.24) is 4.98 Å². The third kappa shape index (κ3) is 3.82. The predicted octanol–water partition coefficient (Wildman–Crippen LogP) is 4.39. The highest BCUT2D eigenvalue weighted by molar-refractivity contribution is 5.52. The SMILES string of the molecule is CN(C)c1ccc(C(c2ccc(N(C)C)cc2)c2ccccn2)cc1. The van der Waals surface area contributed by atoms with Crippen molar-refractivity contribution in [2.75, 3.05) is 38.0 Å².